The summed E-state index contributed by atoms with van der Waals surface area (Å²) in [5, 5.41) is 2.43. The zero-order valence-corrected chi connectivity index (χ0v) is 7.00. The normalized spacial score (nSPS) is 10.9. The summed E-state index contributed by atoms with van der Waals surface area (Å²) in [5.74, 6) is 0. The molecule has 0 heterocycles. The third-order valence-electron chi connectivity index (χ3n) is 1.07. The Kier molecular flexibility index (Phi) is 5.14. The first-order chi connectivity index (χ1) is 5.70. The maximum atomic E-state index is 10.4. The van der Waals surface area contributed by atoms with Gasteiger partial charge in [-0.25, -0.2) is 4.79 Å². The molecule has 0 radical (unpaired) electrons. The van der Waals surface area contributed by atoms with E-state index in [4.69, 9.17) is 5.73 Å². The van der Waals surface area contributed by atoms with Gasteiger partial charge in [0.05, 0.1) is 0 Å². The van der Waals surface area contributed by atoms with Crippen LogP contribution in [0.25, 0.3) is 0 Å². The lowest BCUT2D eigenvalue weighted by molar-refractivity contribution is 0.251. The summed E-state index contributed by atoms with van der Waals surface area (Å²) < 4.78 is 0. The van der Waals surface area contributed by atoms with E-state index < -0.39 is 6.03 Å². The number of urea groups is 1. The first kappa shape index (κ1) is 10.3. The third-order valence-corrected chi connectivity index (χ3v) is 1.07. The summed E-state index contributed by atoms with van der Waals surface area (Å²) in [7, 11) is 0. The minimum Gasteiger partial charge on any atom is -0.351 e. The van der Waals surface area contributed by atoms with Crippen molar-refractivity contribution in [2.75, 3.05) is 0 Å². The number of nitrogens with two attached hydrogens (primary N) is 1. The molecule has 0 saturated heterocycles. The molecule has 12 heavy (non-hydrogen) atoms. The SMILES string of the molecule is C=C=C/C=C\C(=C/C)NC(N)=O. The largest absolute Gasteiger partial charge is 0.351 e. The lowest BCUT2D eigenvalue weighted by atomic mass is 10.3. The molecule has 64 valence electrons. The quantitative estimate of drug-likeness (QED) is 0.481. The topological polar surface area (TPSA) is 55.1 Å². The smallest absolute Gasteiger partial charge is 0.316 e. The van der Waals surface area contributed by atoms with Gasteiger partial charge >= 0.3 is 6.03 Å². The monoisotopic (exact) mass is 164 g/mol. The highest BCUT2D eigenvalue weighted by Gasteiger charge is 1.91. The van der Waals surface area contributed by atoms with Crippen molar-refractivity contribution in [3.63, 3.8) is 0 Å². The molecule has 0 aliphatic carbocycles. The summed E-state index contributed by atoms with van der Waals surface area (Å²) in [6, 6.07) is -0.574. The van der Waals surface area contributed by atoms with Gasteiger partial charge in [-0.2, -0.15) is 0 Å². The van der Waals surface area contributed by atoms with Gasteiger partial charge in [-0.15, -0.1) is 5.73 Å². The van der Waals surface area contributed by atoms with Crippen molar-refractivity contribution in [1.29, 1.82) is 0 Å². The lowest BCUT2D eigenvalue weighted by Gasteiger charge is -1.99. The van der Waals surface area contributed by atoms with E-state index in [9.17, 15) is 4.79 Å². The molecular weight excluding hydrogens is 152 g/mol. The molecule has 0 aliphatic rings. The van der Waals surface area contributed by atoms with Gasteiger partial charge in [-0.05, 0) is 19.1 Å². The number of primary amides is 1. The van der Waals surface area contributed by atoms with E-state index in [1.807, 2.05) is 0 Å². The van der Waals surface area contributed by atoms with Crippen molar-refractivity contribution in [1.82, 2.24) is 5.32 Å². The van der Waals surface area contributed by atoms with Gasteiger partial charge in [0.15, 0.2) is 0 Å². The molecule has 0 fully saturated rings. The van der Waals surface area contributed by atoms with Crippen LogP contribution in [0.2, 0.25) is 0 Å². The number of allylic oxidation sites excluding steroid dienone is 4. The Hall–Kier alpha value is -1.73. The van der Waals surface area contributed by atoms with Gasteiger partial charge < -0.3 is 11.1 Å². The fourth-order valence-electron chi connectivity index (χ4n) is 0.572. The summed E-state index contributed by atoms with van der Waals surface area (Å²) in [4.78, 5) is 10.4. The van der Waals surface area contributed by atoms with Crippen LogP contribution in [0.3, 0.4) is 0 Å². The molecule has 3 heteroatoms. The summed E-state index contributed by atoms with van der Waals surface area (Å²) in [6.45, 7) is 5.18. The lowest BCUT2D eigenvalue weighted by Crippen LogP contribution is -2.27. The molecule has 2 amide bonds. The standard InChI is InChI=1S/C9H12N2O/c1-3-5-6-7-8(4-2)11-9(10)12/h4-7H,1H2,2H3,(H3,10,11,12)/b7-6-,8-4+. The number of carbonyl (C=O) groups excluding carboxylic acids is 1. The van der Waals surface area contributed by atoms with Crippen LogP contribution in [0, 0.1) is 0 Å². The second-order valence-corrected chi connectivity index (χ2v) is 1.96. The van der Waals surface area contributed by atoms with Crippen molar-refractivity contribution in [3.8, 4) is 0 Å². The first-order valence-corrected chi connectivity index (χ1v) is 3.46. The van der Waals surface area contributed by atoms with Crippen LogP contribution >= 0.6 is 0 Å². The molecule has 3 nitrogen and oxygen atoms in total. The van der Waals surface area contributed by atoms with Gasteiger partial charge in [-0.1, -0.05) is 18.7 Å². The van der Waals surface area contributed by atoms with Crippen LogP contribution in [-0.2, 0) is 0 Å². The molecular formula is C9H12N2O. The minimum absolute atomic E-state index is 0.574. The minimum atomic E-state index is -0.574. The van der Waals surface area contributed by atoms with E-state index in [1.54, 1.807) is 31.2 Å². The van der Waals surface area contributed by atoms with Crippen LogP contribution in [0.1, 0.15) is 6.92 Å². The maximum absolute atomic E-state index is 10.4. The number of hydrogen-bond donors (Lipinski definition) is 2. The van der Waals surface area contributed by atoms with Crippen molar-refractivity contribution in [2.45, 2.75) is 6.92 Å². The molecule has 0 saturated carbocycles. The summed E-state index contributed by atoms with van der Waals surface area (Å²) in [5.41, 5.74) is 8.12. The van der Waals surface area contributed by atoms with Crippen molar-refractivity contribution >= 4 is 6.03 Å². The van der Waals surface area contributed by atoms with Gasteiger partial charge in [0.1, 0.15) is 0 Å². The average molecular weight is 164 g/mol. The number of nitrogens with one attached hydrogen (secondary N) is 1. The van der Waals surface area contributed by atoms with E-state index in [0.717, 1.165) is 0 Å². The van der Waals surface area contributed by atoms with Crippen LogP contribution in [-0.4, -0.2) is 6.03 Å². The number of amides is 2. The average Bonchev–Trinajstić information content (AvgIpc) is 2.02. The van der Waals surface area contributed by atoms with Crippen LogP contribution < -0.4 is 11.1 Å². The third kappa shape index (κ3) is 5.09. The first-order valence-electron chi connectivity index (χ1n) is 3.46. The maximum Gasteiger partial charge on any atom is 0.316 e. The molecule has 0 aliphatic heterocycles. The van der Waals surface area contributed by atoms with Gasteiger partial charge in [0.25, 0.3) is 0 Å². The molecule has 0 aromatic carbocycles. The molecule has 0 atom stereocenters. The van der Waals surface area contributed by atoms with E-state index in [1.165, 1.54) is 0 Å². The van der Waals surface area contributed by atoms with Crippen LogP contribution in [0.15, 0.2) is 42.3 Å². The van der Waals surface area contributed by atoms with Crippen molar-refractivity contribution in [3.05, 3.63) is 42.3 Å². The number of carbonyl (C=O) groups is 1. The Morgan fingerprint density at radius 2 is 2.33 bits per heavy atom. The Morgan fingerprint density at radius 3 is 2.75 bits per heavy atom. The highest BCUT2D eigenvalue weighted by atomic mass is 16.2. The zero-order valence-electron chi connectivity index (χ0n) is 7.00. The predicted molar refractivity (Wildman–Crippen MR) is 49.3 cm³/mol. The van der Waals surface area contributed by atoms with E-state index >= 15 is 0 Å². The molecule has 0 unspecified atom stereocenters. The molecule has 0 spiro atoms. The molecule has 0 aromatic heterocycles. The fraction of sp³-hybridized carbons (Fsp3) is 0.111. The zero-order chi connectivity index (χ0) is 9.40. The Labute approximate surface area is 72.0 Å². The summed E-state index contributed by atoms with van der Waals surface area (Å²) in [6.07, 6.45) is 6.77. The number of hydrogen-bond acceptors (Lipinski definition) is 1. The Bertz CT molecular complexity index is 258. The van der Waals surface area contributed by atoms with Crippen molar-refractivity contribution in [2.24, 2.45) is 5.73 Å². The molecule has 0 aromatic rings. The Morgan fingerprint density at radius 1 is 1.67 bits per heavy atom. The highest BCUT2D eigenvalue weighted by molar-refractivity contribution is 5.74. The van der Waals surface area contributed by atoms with Gasteiger partial charge in [0, 0.05) is 5.70 Å². The molecule has 0 bridgehead atoms. The van der Waals surface area contributed by atoms with Crippen molar-refractivity contribution < 1.29 is 4.79 Å². The predicted octanol–water partition coefficient (Wildman–Crippen LogP) is 1.46. The number of rotatable bonds is 3. The van der Waals surface area contributed by atoms with Gasteiger partial charge in [-0.3, -0.25) is 0 Å². The molecule has 0 rings (SSSR count). The van der Waals surface area contributed by atoms with E-state index in [2.05, 4.69) is 17.6 Å². The second kappa shape index (κ2) is 6.01. The van der Waals surface area contributed by atoms with Gasteiger partial charge in [0.2, 0.25) is 0 Å². The second-order valence-electron chi connectivity index (χ2n) is 1.96. The van der Waals surface area contributed by atoms with Crippen LogP contribution in [0.4, 0.5) is 4.79 Å². The Balaban J connectivity index is 4.19. The van der Waals surface area contributed by atoms with E-state index in [-0.39, 0.29) is 0 Å². The highest BCUT2D eigenvalue weighted by Crippen LogP contribution is 1.90. The molecule has 3 N–H and O–H groups in total. The summed E-state index contributed by atoms with van der Waals surface area (Å²) >= 11 is 0. The van der Waals surface area contributed by atoms with Crippen LogP contribution in [0.5, 0.6) is 0 Å². The fourth-order valence-corrected chi connectivity index (χ4v) is 0.572. The van der Waals surface area contributed by atoms with E-state index in [0.29, 0.717) is 5.70 Å².